The molecule has 0 aromatic carbocycles. The van der Waals surface area contributed by atoms with Crippen LogP contribution in [-0.2, 0) is 5.41 Å². The summed E-state index contributed by atoms with van der Waals surface area (Å²) in [6, 6.07) is 2.13. The highest BCUT2D eigenvalue weighted by Gasteiger charge is 2.15. The van der Waals surface area contributed by atoms with Gasteiger partial charge in [0.05, 0.1) is 11.4 Å². The summed E-state index contributed by atoms with van der Waals surface area (Å²) < 4.78 is 0. The van der Waals surface area contributed by atoms with Crippen molar-refractivity contribution in [3.63, 3.8) is 0 Å². The van der Waals surface area contributed by atoms with Gasteiger partial charge in [-0.2, -0.15) is 0 Å². The van der Waals surface area contributed by atoms with Crippen molar-refractivity contribution in [2.75, 3.05) is 0 Å². The number of hydrogen-bond donors (Lipinski definition) is 0. The normalized spacial score (nSPS) is 14.9. The minimum atomic E-state index is 0.133. The maximum Gasteiger partial charge on any atom is 0.0885 e. The highest BCUT2D eigenvalue weighted by Crippen LogP contribution is 2.28. The van der Waals surface area contributed by atoms with E-state index in [4.69, 9.17) is 0 Å². The van der Waals surface area contributed by atoms with E-state index in [2.05, 4.69) is 42.9 Å². The fourth-order valence-corrected chi connectivity index (χ4v) is 1.50. The zero-order chi connectivity index (χ0) is 10.9. The molecular formula is C13H16N2. The van der Waals surface area contributed by atoms with Crippen LogP contribution in [0.3, 0.4) is 0 Å². The van der Waals surface area contributed by atoms with Gasteiger partial charge in [0.15, 0.2) is 0 Å². The Morgan fingerprint density at radius 2 is 2.07 bits per heavy atom. The third-order valence-corrected chi connectivity index (χ3v) is 2.51. The summed E-state index contributed by atoms with van der Waals surface area (Å²) >= 11 is 0. The first-order valence-corrected chi connectivity index (χ1v) is 5.27. The second kappa shape index (κ2) is 3.61. The van der Waals surface area contributed by atoms with Crippen LogP contribution in [0, 0.1) is 0 Å². The van der Waals surface area contributed by atoms with Crippen LogP contribution in [0.2, 0.25) is 0 Å². The summed E-state index contributed by atoms with van der Waals surface area (Å²) in [6.07, 6.45) is 8.88. The lowest BCUT2D eigenvalue weighted by Crippen LogP contribution is -2.11. The number of pyridine rings is 1. The summed E-state index contributed by atoms with van der Waals surface area (Å²) in [6.45, 7) is 6.56. The third-order valence-electron chi connectivity index (χ3n) is 2.51. The van der Waals surface area contributed by atoms with Crippen molar-refractivity contribution < 1.29 is 0 Å². The van der Waals surface area contributed by atoms with Crippen molar-refractivity contribution in [2.45, 2.75) is 32.6 Å². The van der Waals surface area contributed by atoms with Crippen LogP contribution >= 0.6 is 0 Å². The van der Waals surface area contributed by atoms with Gasteiger partial charge >= 0.3 is 0 Å². The van der Waals surface area contributed by atoms with Crippen molar-refractivity contribution in [1.82, 2.24) is 4.98 Å². The van der Waals surface area contributed by atoms with E-state index in [1.807, 2.05) is 18.5 Å². The van der Waals surface area contributed by atoms with Gasteiger partial charge in [0, 0.05) is 18.8 Å². The number of hydrogen-bond acceptors (Lipinski definition) is 2. The van der Waals surface area contributed by atoms with Crippen LogP contribution in [-0.4, -0.2) is 11.2 Å². The van der Waals surface area contributed by atoms with Crippen LogP contribution in [0.4, 0.5) is 5.69 Å². The highest BCUT2D eigenvalue weighted by atomic mass is 14.8. The zero-order valence-corrected chi connectivity index (χ0v) is 9.49. The molecular weight excluding hydrogens is 184 g/mol. The van der Waals surface area contributed by atoms with Crippen molar-refractivity contribution in [3.05, 3.63) is 29.6 Å². The minimum Gasteiger partial charge on any atom is -0.259 e. The summed E-state index contributed by atoms with van der Waals surface area (Å²) in [5.41, 5.74) is 3.31. The SMILES string of the molecule is CC(C)(C)c1cnc2c(c1)N=CCC=C2. The van der Waals surface area contributed by atoms with Gasteiger partial charge in [0.1, 0.15) is 0 Å². The zero-order valence-electron chi connectivity index (χ0n) is 9.49. The lowest BCUT2D eigenvalue weighted by Gasteiger charge is -2.19. The molecule has 1 aliphatic heterocycles. The summed E-state index contributed by atoms with van der Waals surface area (Å²) in [4.78, 5) is 8.86. The average Bonchev–Trinajstić information content (AvgIpc) is 2.39. The van der Waals surface area contributed by atoms with Gasteiger partial charge in [-0.25, -0.2) is 0 Å². The molecule has 0 N–H and O–H groups in total. The summed E-state index contributed by atoms with van der Waals surface area (Å²) in [7, 11) is 0. The third kappa shape index (κ3) is 2.14. The molecule has 2 nitrogen and oxygen atoms in total. The van der Waals surface area contributed by atoms with Crippen molar-refractivity contribution in [2.24, 2.45) is 4.99 Å². The van der Waals surface area contributed by atoms with Crippen LogP contribution in [0.1, 0.15) is 38.4 Å². The Kier molecular flexibility index (Phi) is 2.43. The Morgan fingerprint density at radius 3 is 2.80 bits per heavy atom. The van der Waals surface area contributed by atoms with E-state index in [-0.39, 0.29) is 5.41 Å². The first kappa shape index (κ1) is 10.1. The van der Waals surface area contributed by atoms with Gasteiger partial charge in [-0.1, -0.05) is 26.8 Å². The van der Waals surface area contributed by atoms with Crippen molar-refractivity contribution >= 4 is 18.0 Å². The number of nitrogens with zero attached hydrogens (tertiary/aromatic N) is 2. The molecule has 0 bridgehead atoms. The van der Waals surface area contributed by atoms with E-state index < -0.39 is 0 Å². The van der Waals surface area contributed by atoms with Gasteiger partial charge in [-0.15, -0.1) is 0 Å². The van der Waals surface area contributed by atoms with E-state index in [0.29, 0.717) is 0 Å². The van der Waals surface area contributed by atoms with E-state index in [1.54, 1.807) is 0 Å². The lowest BCUT2D eigenvalue weighted by atomic mass is 9.88. The molecule has 0 unspecified atom stereocenters. The second-order valence-corrected chi connectivity index (χ2v) is 4.83. The Labute approximate surface area is 90.8 Å². The molecule has 0 radical (unpaired) electrons. The Hall–Kier alpha value is -1.44. The molecule has 0 fully saturated rings. The van der Waals surface area contributed by atoms with E-state index >= 15 is 0 Å². The van der Waals surface area contributed by atoms with Crippen LogP contribution < -0.4 is 0 Å². The number of rotatable bonds is 0. The largest absolute Gasteiger partial charge is 0.259 e. The molecule has 0 saturated carbocycles. The van der Waals surface area contributed by atoms with Gasteiger partial charge in [0.2, 0.25) is 0 Å². The quantitative estimate of drug-likeness (QED) is 0.629. The Bertz CT molecular complexity index is 423. The van der Waals surface area contributed by atoms with Gasteiger partial charge in [-0.3, -0.25) is 9.98 Å². The highest BCUT2D eigenvalue weighted by molar-refractivity contribution is 5.74. The number of aliphatic imine (C=N–C) groups is 1. The van der Waals surface area contributed by atoms with Gasteiger partial charge in [0.25, 0.3) is 0 Å². The Morgan fingerprint density at radius 1 is 1.27 bits per heavy atom. The predicted octanol–water partition coefficient (Wildman–Crippen LogP) is 3.50. The molecule has 78 valence electrons. The molecule has 2 heterocycles. The number of fused-ring (bicyclic) bond motifs is 1. The maximum absolute atomic E-state index is 4.45. The van der Waals surface area contributed by atoms with Crippen LogP contribution in [0.25, 0.3) is 6.08 Å². The van der Waals surface area contributed by atoms with Gasteiger partial charge in [-0.05, 0) is 23.1 Å². The molecule has 1 aromatic heterocycles. The first-order chi connectivity index (χ1) is 7.07. The fraction of sp³-hybridized carbons (Fsp3) is 0.385. The fourth-order valence-electron chi connectivity index (χ4n) is 1.50. The molecule has 0 spiro atoms. The molecule has 1 aliphatic rings. The molecule has 2 rings (SSSR count). The lowest BCUT2D eigenvalue weighted by molar-refractivity contribution is 0.587. The van der Waals surface area contributed by atoms with E-state index in [0.717, 1.165) is 17.8 Å². The standard InChI is InChI=1S/C13H16N2/c1-13(2,3)10-8-12-11(15-9-10)6-4-5-7-14-12/h4,6-9H,5H2,1-3H3. The molecule has 1 aromatic rings. The van der Waals surface area contributed by atoms with Gasteiger partial charge < -0.3 is 0 Å². The average molecular weight is 200 g/mol. The molecule has 0 aliphatic carbocycles. The van der Waals surface area contributed by atoms with Crippen LogP contribution in [0.15, 0.2) is 23.3 Å². The predicted molar refractivity (Wildman–Crippen MR) is 64.7 cm³/mol. The topological polar surface area (TPSA) is 25.2 Å². The molecule has 0 atom stereocenters. The molecule has 0 amide bonds. The Balaban J connectivity index is 2.50. The maximum atomic E-state index is 4.45. The smallest absolute Gasteiger partial charge is 0.0885 e. The number of aromatic nitrogens is 1. The first-order valence-electron chi connectivity index (χ1n) is 5.27. The molecule has 0 saturated heterocycles. The van der Waals surface area contributed by atoms with Crippen molar-refractivity contribution in [3.8, 4) is 0 Å². The summed E-state index contributed by atoms with van der Waals surface area (Å²) in [5, 5.41) is 0. The monoisotopic (exact) mass is 200 g/mol. The van der Waals surface area contributed by atoms with E-state index in [9.17, 15) is 0 Å². The molecule has 15 heavy (non-hydrogen) atoms. The molecule has 2 heteroatoms. The second-order valence-electron chi connectivity index (χ2n) is 4.83. The summed E-state index contributed by atoms with van der Waals surface area (Å²) in [5.74, 6) is 0. The minimum absolute atomic E-state index is 0.133. The van der Waals surface area contributed by atoms with E-state index in [1.165, 1.54) is 5.56 Å². The number of allylic oxidation sites excluding steroid dienone is 1. The van der Waals surface area contributed by atoms with Crippen LogP contribution in [0.5, 0.6) is 0 Å². The van der Waals surface area contributed by atoms with Crippen molar-refractivity contribution in [1.29, 1.82) is 0 Å².